The second-order valence-corrected chi connectivity index (χ2v) is 3.87. The van der Waals surface area contributed by atoms with Gasteiger partial charge in [0.25, 0.3) is 0 Å². The summed E-state index contributed by atoms with van der Waals surface area (Å²) < 4.78 is 10.2. The Bertz CT molecular complexity index is 266. The van der Waals surface area contributed by atoms with Gasteiger partial charge in [-0.3, -0.25) is 9.59 Å². The summed E-state index contributed by atoms with van der Waals surface area (Å²) in [7, 11) is 0. The van der Waals surface area contributed by atoms with E-state index in [1.54, 1.807) is 6.08 Å². The minimum absolute atomic E-state index is 0.0453. The topological polar surface area (TPSA) is 55.8 Å². The molecule has 0 radical (unpaired) electrons. The first kappa shape index (κ1) is 16.6. The first-order chi connectivity index (χ1) is 8.61. The molecule has 0 aliphatic heterocycles. The molecule has 1 amide bonds. The number of esters is 1. The summed E-state index contributed by atoms with van der Waals surface area (Å²) in [4.78, 5) is 23.9. The van der Waals surface area contributed by atoms with Gasteiger partial charge in [-0.1, -0.05) is 19.4 Å². The van der Waals surface area contributed by atoms with E-state index in [0.29, 0.717) is 19.8 Å². The highest BCUT2D eigenvalue weighted by Crippen LogP contribution is 1.93. The zero-order valence-corrected chi connectivity index (χ0v) is 11.3. The lowest BCUT2D eigenvalue weighted by atomic mass is 10.4. The lowest BCUT2D eigenvalue weighted by molar-refractivity contribution is -0.149. The van der Waals surface area contributed by atoms with E-state index in [1.165, 1.54) is 11.8 Å². The summed E-state index contributed by atoms with van der Waals surface area (Å²) >= 11 is 0. The van der Waals surface area contributed by atoms with Crippen LogP contribution in [0.5, 0.6) is 0 Å². The minimum Gasteiger partial charge on any atom is -0.462 e. The lowest BCUT2D eigenvalue weighted by Gasteiger charge is -2.17. The Morgan fingerprint density at radius 1 is 1.28 bits per heavy atom. The van der Waals surface area contributed by atoms with Crippen LogP contribution in [0.3, 0.4) is 0 Å². The van der Waals surface area contributed by atoms with E-state index in [9.17, 15) is 9.59 Å². The van der Waals surface area contributed by atoms with E-state index in [4.69, 9.17) is 9.47 Å². The molecule has 0 spiro atoms. The number of carbonyl (C=O) groups is 2. The van der Waals surface area contributed by atoms with Gasteiger partial charge in [0, 0.05) is 20.1 Å². The molecule has 5 heteroatoms. The molecule has 0 rings (SSSR count). The molecule has 0 atom stereocenters. The van der Waals surface area contributed by atoms with Crippen LogP contribution in [0.15, 0.2) is 12.7 Å². The zero-order valence-electron chi connectivity index (χ0n) is 11.3. The molecule has 5 nitrogen and oxygen atoms in total. The quantitative estimate of drug-likeness (QED) is 0.337. The Morgan fingerprint density at radius 3 is 2.56 bits per heavy atom. The van der Waals surface area contributed by atoms with E-state index in [1.807, 2.05) is 0 Å². The highest BCUT2D eigenvalue weighted by atomic mass is 16.6. The number of amides is 1. The van der Waals surface area contributed by atoms with Crippen LogP contribution >= 0.6 is 0 Å². The number of hydrogen-bond acceptors (Lipinski definition) is 4. The molecule has 104 valence electrons. The fourth-order valence-electron chi connectivity index (χ4n) is 1.22. The van der Waals surface area contributed by atoms with Crippen molar-refractivity contribution in [1.82, 2.24) is 4.90 Å². The molecule has 18 heavy (non-hydrogen) atoms. The van der Waals surface area contributed by atoms with Gasteiger partial charge in [-0.05, 0) is 6.42 Å². The van der Waals surface area contributed by atoms with Crippen molar-refractivity contribution in [2.75, 3.05) is 32.9 Å². The fourth-order valence-corrected chi connectivity index (χ4v) is 1.22. The SMILES string of the molecule is C=CCN(CC(=O)OCCOCCCC)C(C)=O. The number of hydrogen-bond donors (Lipinski definition) is 0. The van der Waals surface area contributed by atoms with Gasteiger partial charge in [0.05, 0.1) is 6.61 Å². The van der Waals surface area contributed by atoms with Crippen molar-refractivity contribution in [1.29, 1.82) is 0 Å². The van der Waals surface area contributed by atoms with Crippen LogP contribution in [-0.4, -0.2) is 49.7 Å². The molecule has 0 saturated carbocycles. The second kappa shape index (κ2) is 10.8. The molecule has 0 aromatic rings. The average molecular weight is 257 g/mol. The molecule has 0 fully saturated rings. The van der Waals surface area contributed by atoms with E-state index in [2.05, 4.69) is 13.5 Å². The zero-order chi connectivity index (χ0) is 13.8. The molecule has 0 aromatic carbocycles. The molecule has 0 heterocycles. The van der Waals surface area contributed by atoms with Gasteiger partial charge in [0.15, 0.2) is 0 Å². The van der Waals surface area contributed by atoms with E-state index < -0.39 is 5.97 Å². The maximum atomic E-state index is 11.4. The Hall–Kier alpha value is -1.36. The van der Waals surface area contributed by atoms with E-state index >= 15 is 0 Å². The van der Waals surface area contributed by atoms with Crippen molar-refractivity contribution in [3.63, 3.8) is 0 Å². The Morgan fingerprint density at radius 2 is 2.00 bits per heavy atom. The summed E-state index contributed by atoms with van der Waals surface area (Å²) in [5.41, 5.74) is 0. The lowest BCUT2D eigenvalue weighted by Crippen LogP contribution is -2.35. The number of nitrogens with zero attached hydrogens (tertiary/aromatic N) is 1. The molecule has 0 unspecified atom stereocenters. The minimum atomic E-state index is -0.425. The van der Waals surface area contributed by atoms with Gasteiger partial charge < -0.3 is 14.4 Å². The van der Waals surface area contributed by atoms with Gasteiger partial charge in [-0.15, -0.1) is 6.58 Å². The third kappa shape index (κ3) is 8.75. The Labute approximate surface area is 109 Å². The summed E-state index contributed by atoms with van der Waals surface area (Å²) in [6, 6.07) is 0. The fraction of sp³-hybridized carbons (Fsp3) is 0.692. The van der Waals surface area contributed by atoms with Crippen LogP contribution in [0.1, 0.15) is 26.7 Å². The van der Waals surface area contributed by atoms with E-state index in [0.717, 1.165) is 12.8 Å². The van der Waals surface area contributed by atoms with Crippen LogP contribution in [-0.2, 0) is 19.1 Å². The summed E-state index contributed by atoms with van der Waals surface area (Å²) in [5.74, 6) is -0.600. The van der Waals surface area contributed by atoms with Crippen molar-refractivity contribution in [2.24, 2.45) is 0 Å². The first-order valence-electron chi connectivity index (χ1n) is 6.21. The van der Waals surface area contributed by atoms with Crippen molar-refractivity contribution in [2.45, 2.75) is 26.7 Å². The highest BCUT2D eigenvalue weighted by Gasteiger charge is 2.12. The van der Waals surface area contributed by atoms with E-state index in [-0.39, 0.29) is 19.1 Å². The van der Waals surface area contributed by atoms with Crippen LogP contribution in [0.2, 0.25) is 0 Å². The van der Waals surface area contributed by atoms with Crippen LogP contribution in [0.25, 0.3) is 0 Å². The van der Waals surface area contributed by atoms with Crippen LogP contribution < -0.4 is 0 Å². The number of unbranched alkanes of at least 4 members (excludes halogenated alkanes) is 1. The molecular weight excluding hydrogens is 234 g/mol. The van der Waals surface area contributed by atoms with Crippen molar-refractivity contribution < 1.29 is 19.1 Å². The Kier molecular flexibility index (Phi) is 9.96. The van der Waals surface area contributed by atoms with Crippen molar-refractivity contribution in [3.05, 3.63) is 12.7 Å². The van der Waals surface area contributed by atoms with Gasteiger partial charge >= 0.3 is 5.97 Å². The number of ether oxygens (including phenoxy) is 2. The maximum absolute atomic E-state index is 11.4. The van der Waals surface area contributed by atoms with Crippen molar-refractivity contribution in [3.8, 4) is 0 Å². The summed E-state index contributed by atoms with van der Waals surface area (Å²) in [5, 5.41) is 0. The van der Waals surface area contributed by atoms with Crippen molar-refractivity contribution >= 4 is 11.9 Å². The molecule has 0 aromatic heterocycles. The number of rotatable bonds is 10. The maximum Gasteiger partial charge on any atom is 0.325 e. The Balaban J connectivity index is 3.68. The molecule has 0 bridgehead atoms. The molecule has 0 saturated heterocycles. The monoisotopic (exact) mass is 257 g/mol. The third-order valence-electron chi connectivity index (χ3n) is 2.25. The molecule has 0 aliphatic rings. The van der Waals surface area contributed by atoms with Gasteiger partial charge in [0.2, 0.25) is 5.91 Å². The van der Waals surface area contributed by atoms with Crippen LogP contribution in [0, 0.1) is 0 Å². The summed E-state index contributed by atoms with van der Waals surface area (Å²) in [6.45, 7) is 8.62. The standard InChI is InChI=1S/C13H23NO4/c1-4-6-8-17-9-10-18-13(16)11-14(7-5-2)12(3)15/h5H,2,4,6-11H2,1,3H3. The van der Waals surface area contributed by atoms with Gasteiger partial charge in [0.1, 0.15) is 13.2 Å². The molecular formula is C13H23NO4. The highest BCUT2D eigenvalue weighted by molar-refractivity contribution is 5.80. The summed E-state index contributed by atoms with van der Waals surface area (Å²) in [6.07, 6.45) is 3.66. The third-order valence-corrected chi connectivity index (χ3v) is 2.25. The van der Waals surface area contributed by atoms with Crippen LogP contribution in [0.4, 0.5) is 0 Å². The normalized spacial score (nSPS) is 9.89. The number of carbonyl (C=O) groups excluding carboxylic acids is 2. The molecule has 0 aliphatic carbocycles. The predicted molar refractivity (Wildman–Crippen MR) is 69.1 cm³/mol. The largest absolute Gasteiger partial charge is 0.462 e. The first-order valence-corrected chi connectivity index (χ1v) is 6.21. The van der Waals surface area contributed by atoms with Gasteiger partial charge in [-0.2, -0.15) is 0 Å². The predicted octanol–water partition coefficient (Wildman–Crippen LogP) is 1.38. The van der Waals surface area contributed by atoms with Gasteiger partial charge in [-0.25, -0.2) is 0 Å². The molecule has 0 N–H and O–H groups in total. The average Bonchev–Trinajstić information content (AvgIpc) is 2.33. The second-order valence-electron chi connectivity index (χ2n) is 3.87. The smallest absolute Gasteiger partial charge is 0.325 e.